The summed E-state index contributed by atoms with van der Waals surface area (Å²) in [6.45, 7) is 4.73. The second-order valence-corrected chi connectivity index (χ2v) is 17.2. The van der Waals surface area contributed by atoms with Crippen molar-refractivity contribution in [2.75, 3.05) is 4.90 Å². The molecule has 0 spiro atoms. The first-order valence-corrected chi connectivity index (χ1v) is 22.3. The van der Waals surface area contributed by atoms with Crippen LogP contribution in [0.2, 0.25) is 0 Å². The molecule has 0 saturated heterocycles. The zero-order chi connectivity index (χ0) is 43.0. The molecule has 1 nitrogen and oxygen atoms in total. The van der Waals surface area contributed by atoms with E-state index in [9.17, 15) is 0 Å². The maximum absolute atomic E-state index is 2.55. The lowest BCUT2D eigenvalue weighted by Gasteiger charge is -2.33. The summed E-state index contributed by atoms with van der Waals surface area (Å²) < 4.78 is 0. The van der Waals surface area contributed by atoms with Gasteiger partial charge in [0.1, 0.15) is 0 Å². The van der Waals surface area contributed by atoms with Crippen LogP contribution in [-0.2, 0) is 5.41 Å². The second-order valence-electron chi connectivity index (χ2n) is 17.2. The first kappa shape index (κ1) is 38.9. The van der Waals surface area contributed by atoms with Crippen LogP contribution in [0.1, 0.15) is 25.0 Å². The molecule has 0 amide bonds. The van der Waals surface area contributed by atoms with Crippen LogP contribution < -0.4 is 4.90 Å². The Morgan fingerprint density at radius 1 is 0.234 bits per heavy atom. The van der Waals surface area contributed by atoms with Gasteiger partial charge in [0.05, 0.1) is 17.1 Å². The molecule has 0 heterocycles. The number of hydrogen-bond donors (Lipinski definition) is 0. The van der Waals surface area contributed by atoms with Crippen LogP contribution in [-0.4, -0.2) is 0 Å². The fourth-order valence-electron chi connectivity index (χ4n) is 10.1. The summed E-state index contributed by atoms with van der Waals surface area (Å²) in [5.41, 5.74) is 22.7. The first-order chi connectivity index (χ1) is 31.6. The zero-order valence-corrected chi connectivity index (χ0v) is 36.1. The Balaban J connectivity index is 1.22. The summed E-state index contributed by atoms with van der Waals surface area (Å²) in [6, 6.07) is 91.0. The van der Waals surface area contributed by atoms with E-state index in [4.69, 9.17) is 0 Å². The number of para-hydroxylation sites is 2. The molecule has 0 N–H and O–H groups in total. The van der Waals surface area contributed by atoms with Crippen molar-refractivity contribution in [2.45, 2.75) is 19.3 Å². The van der Waals surface area contributed by atoms with Crippen LogP contribution in [0.4, 0.5) is 17.1 Å². The minimum Gasteiger partial charge on any atom is -0.309 e. The number of hydrogen-bond acceptors (Lipinski definition) is 1. The van der Waals surface area contributed by atoms with E-state index in [2.05, 4.69) is 267 Å². The van der Waals surface area contributed by atoms with Crippen LogP contribution >= 0.6 is 0 Å². The quantitative estimate of drug-likeness (QED) is 0.140. The lowest BCUT2D eigenvalue weighted by Crippen LogP contribution is -2.15. The summed E-state index contributed by atoms with van der Waals surface area (Å²) >= 11 is 0. The third kappa shape index (κ3) is 6.74. The summed E-state index contributed by atoms with van der Waals surface area (Å²) in [5.74, 6) is 0. The van der Waals surface area contributed by atoms with Crippen molar-refractivity contribution in [2.24, 2.45) is 0 Å². The van der Waals surface area contributed by atoms with E-state index >= 15 is 0 Å². The summed E-state index contributed by atoms with van der Waals surface area (Å²) in [6.07, 6.45) is 0. The van der Waals surface area contributed by atoms with Gasteiger partial charge in [-0.05, 0) is 90.5 Å². The molecule has 1 aliphatic rings. The van der Waals surface area contributed by atoms with E-state index in [-0.39, 0.29) is 5.41 Å². The third-order valence-electron chi connectivity index (χ3n) is 13.1. The lowest BCUT2D eigenvalue weighted by molar-refractivity contribution is 0.660. The van der Waals surface area contributed by atoms with Gasteiger partial charge in [-0.2, -0.15) is 0 Å². The molecule has 0 aliphatic heterocycles. The third-order valence-corrected chi connectivity index (χ3v) is 13.1. The monoisotopic (exact) mass is 817 g/mol. The van der Waals surface area contributed by atoms with E-state index in [1.54, 1.807) is 0 Å². The van der Waals surface area contributed by atoms with Gasteiger partial charge in [0.2, 0.25) is 0 Å². The van der Waals surface area contributed by atoms with Gasteiger partial charge in [-0.25, -0.2) is 0 Å². The van der Waals surface area contributed by atoms with Gasteiger partial charge in [-0.15, -0.1) is 0 Å². The average Bonchev–Trinajstić information content (AvgIpc) is 3.61. The van der Waals surface area contributed by atoms with Crippen molar-refractivity contribution in [3.63, 3.8) is 0 Å². The normalized spacial score (nSPS) is 12.3. The van der Waals surface area contributed by atoms with Crippen molar-refractivity contribution in [3.05, 3.63) is 260 Å². The molecular formula is C63H47N. The summed E-state index contributed by atoms with van der Waals surface area (Å²) in [4.78, 5) is 2.55. The minimum atomic E-state index is -0.132. The molecule has 64 heavy (non-hydrogen) atoms. The fourth-order valence-corrected chi connectivity index (χ4v) is 10.1. The Morgan fingerprint density at radius 3 is 1.30 bits per heavy atom. The zero-order valence-electron chi connectivity index (χ0n) is 36.1. The van der Waals surface area contributed by atoms with Crippen molar-refractivity contribution in [3.8, 4) is 77.9 Å². The Bertz CT molecular complexity index is 3270. The van der Waals surface area contributed by atoms with Gasteiger partial charge in [-0.3, -0.25) is 0 Å². The molecule has 1 aliphatic carbocycles. The predicted octanol–water partition coefficient (Wildman–Crippen LogP) is 17.5. The second kappa shape index (κ2) is 16.4. The highest BCUT2D eigenvalue weighted by atomic mass is 15.2. The van der Waals surface area contributed by atoms with Crippen molar-refractivity contribution < 1.29 is 0 Å². The van der Waals surface area contributed by atoms with E-state index in [1.165, 1.54) is 77.9 Å². The van der Waals surface area contributed by atoms with Gasteiger partial charge in [0, 0.05) is 22.1 Å². The van der Waals surface area contributed by atoms with Gasteiger partial charge < -0.3 is 4.90 Å². The van der Waals surface area contributed by atoms with E-state index in [1.807, 2.05) is 0 Å². The van der Waals surface area contributed by atoms with Crippen molar-refractivity contribution >= 4 is 17.1 Å². The highest BCUT2D eigenvalue weighted by Crippen LogP contribution is 2.56. The molecule has 0 saturated carbocycles. The molecule has 304 valence electrons. The smallest absolute Gasteiger partial charge is 0.0547 e. The molecule has 0 bridgehead atoms. The number of fused-ring (bicyclic) bond motifs is 3. The standard InChI is InChI=1S/C63H47N/c1-63(2)56-35-17-14-32-55(56)61-54(34-20-36-57(61)63)52-30-16-19-38-59(52)64(58-37-18-15-29-50(58)48-42-40-45(41-43-48)44-22-6-3-7-23-44)60-39-21-33-51(47-26-10-5-11-27-47)62(60)53-31-13-12-28-49(53)46-24-8-4-9-25-46/h3-43H,1-2H3. The number of anilines is 3. The van der Waals surface area contributed by atoms with E-state index < -0.39 is 0 Å². The van der Waals surface area contributed by atoms with Gasteiger partial charge >= 0.3 is 0 Å². The maximum atomic E-state index is 2.55. The van der Waals surface area contributed by atoms with Crippen molar-refractivity contribution in [1.29, 1.82) is 0 Å². The van der Waals surface area contributed by atoms with Gasteiger partial charge in [-0.1, -0.05) is 244 Å². The molecule has 10 aromatic carbocycles. The average molecular weight is 818 g/mol. The summed E-state index contributed by atoms with van der Waals surface area (Å²) in [7, 11) is 0. The van der Waals surface area contributed by atoms with Gasteiger partial charge in [0.25, 0.3) is 0 Å². The van der Waals surface area contributed by atoms with Crippen LogP contribution in [0.3, 0.4) is 0 Å². The lowest BCUT2D eigenvalue weighted by atomic mass is 9.82. The van der Waals surface area contributed by atoms with Crippen LogP contribution in [0.15, 0.2) is 249 Å². The Hall–Kier alpha value is -8.00. The topological polar surface area (TPSA) is 3.24 Å². The largest absolute Gasteiger partial charge is 0.309 e. The molecule has 0 atom stereocenters. The van der Waals surface area contributed by atoms with Crippen LogP contribution in [0.25, 0.3) is 77.9 Å². The Labute approximate surface area is 377 Å². The number of benzene rings is 10. The highest BCUT2D eigenvalue weighted by Gasteiger charge is 2.37. The molecule has 0 radical (unpaired) electrons. The molecular weight excluding hydrogens is 771 g/mol. The first-order valence-electron chi connectivity index (χ1n) is 22.3. The van der Waals surface area contributed by atoms with Crippen molar-refractivity contribution in [1.82, 2.24) is 0 Å². The molecule has 0 unspecified atom stereocenters. The molecule has 11 rings (SSSR count). The molecule has 10 aromatic rings. The highest BCUT2D eigenvalue weighted by molar-refractivity contribution is 6.05. The Kier molecular flexibility index (Phi) is 9.94. The van der Waals surface area contributed by atoms with E-state index in [0.29, 0.717) is 0 Å². The maximum Gasteiger partial charge on any atom is 0.0547 e. The fraction of sp³-hybridized carbons (Fsp3) is 0.0476. The predicted molar refractivity (Wildman–Crippen MR) is 271 cm³/mol. The minimum absolute atomic E-state index is 0.132. The number of rotatable bonds is 9. The van der Waals surface area contributed by atoms with Crippen LogP contribution in [0.5, 0.6) is 0 Å². The Morgan fingerprint density at radius 2 is 0.625 bits per heavy atom. The van der Waals surface area contributed by atoms with Crippen LogP contribution in [0, 0.1) is 0 Å². The SMILES string of the molecule is CC1(C)c2ccccc2-c2c(-c3ccccc3N(c3ccccc3-c3ccc(-c4ccccc4)cc3)c3cccc(-c4ccccc4)c3-c3ccccc3-c3ccccc3)cccc21. The molecule has 0 fully saturated rings. The van der Waals surface area contributed by atoms with Gasteiger partial charge in [0.15, 0.2) is 0 Å². The number of nitrogens with zero attached hydrogens (tertiary/aromatic N) is 1. The van der Waals surface area contributed by atoms with E-state index in [0.717, 1.165) is 28.2 Å². The summed E-state index contributed by atoms with van der Waals surface area (Å²) in [5, 5.41) is 0. The molecule has 1 heteroatoms. The molecule has 0 aromatic heterocycles.